The Balaban J connectivity index is 1.70. The molecule has 2 rings (SSSR count). The van der Waals surface area contributed by atoms with Gasteiger partial charge < -0.3 is 10.1 Å². The number of ether oxygens (including phenoxy) is 1. The van der Waals surface area contributed by atoms with Gasteiger partial charge in [-0.1, -0.05) is 40.5 Å². The third-order valence-corrected chi connectivity index (χ3v) is 5.37. The summed E-state index contributed by atoms with van der Waals surface area (Å²) in [5.74, 6) is -0.985. The molecule has 1 fully saturated rings. The van der Waals surface area contributed by atoms with Crippen molar-refractivity contribution in [1.29, 1.82) is 0 Å². The van der Waals surface area contributed by atoms with Gasteiger partial charge in [0.2, 0.25) is 11.7 Å². The van der Waals surface area contributed by atoms with Crippen LogP contribution in [0.25, 0.3) is 0 Å². The van der Waals surface area contributed by atoms with Gasteiger partial charge in [0.1, 0.15) is 0 Å². The van der Waals surface area contributed by atoms with Gasteiger partial charge in [-0.15, -0.1) is 0 Å². The molecule has 31 heavy (non-hydrogen) atoms. The molecular formula is C26H35NO4. The van der Waals surface area contributed by atoms with Gasteiger partial charge in [0.15, 0.2) is 18.0 Å². The average molecular weight is 426 g/mol. The van der Waals surface area contributed by atoms with E-state index in [4.69, 9.17) is 4.74 Å². The third-order valence-electron chi connectivity index (χ3n) is 5.37. The molecule has 2 unspecified atom stereocenters. The zero-order valence-electron chi connectivity index (χ0n) is 19.4. The number of carbonyl (C=O) groups excluding carboxylic acids is 3. The summed E-state index contributed by atoms with van der Waals surface area (Å²) in [6, 6.07) is 0. The number of hydrogen-bond acceptors (Lipinski definition) is 4. The van der Waals surface area contributed by atoms with Gasteiger partial charge in [-0.3, -0.25) is 14.4 Å². The summed E-state index contributed by atoms with van der Waals surface area (Å²) in [5.41, 5.74) is 5.10. The van der Waals surface area contributed by atoms with Crippen LogP contribution in [0.2, 0.25) is 0 Å². The molecule has 1 aliphatic carbocycles. The standard InChI is InChI=1S/C26H35NO4/c1-17(2)9-6-10-18(3)11-7-12-19(4)13-8-14-20(5)15-23(29)27-21-16-22(28)25-26(31-25)24(21)30/h9,11,13,15-16,25-26H,6-8,10,12,14H2,1-5H3,(H,27,29). The molecule has 0 spiro atoms. The number of nitrogens with one attached hydrogen (secondary N) is 1. The normalized spacial score (nSPS) is 21.5. The van der Waals surface area contributed by atoms with Gasteiger partial charge in [0.25, 0.3) is 0 Å². The summed E-state index contributed by atoms with van der Waals surface area (Å²) in [4.78, 5) is 35.8. The molecule has 5 heteroatoms. The molecule has 0 aromatic heterocycles. The van der Waals surface area contributed by atoms with Crippen LogP contribution < -0.4 is 5.32 Å². The first-order valence-corrected chi connectivity index (χ1v) is 11.1. The van der Waals surface area contributed by atoms with Crippen molar-refractivity contribution in [2.75, 3.05) is 0 Å². The molecule has 0 aromatic carbocycles. The lowest BCUT2D eigenvalue weighted by Crippen LogP contribution is -2.33. The Hall–Kier alpha value is -2.53. The first-order valence-electron chi connectivity index (χ1n) is 11.1. The lowest BCUT2D eigenvalue weighted by atomic mass is 10.0. The molecule has 1 aliphatic heterocycles. The van der Waals surface area contributed by atoms with Crippen molar-refractivity contribution in [3.8, 4) is 0 Å². The summed E-state index contributed by atoms with van der Waals surface area (Å²) in [5, 5.41) is 2.52. The van der Waals surface area contributed by atoms with Gasteiger partial charge in [0, 0.05) is 12.2 Å². The van der Waals surface area contributed by atoms with Crippen molar-refractivity contribution in [3.05, 3.63) is 58.4 Å². The van der Waals surface area contributed by atoms with Crippen molar-refractivity contribution in [1.82, 2.24) is 5.32 Å². The van der Waals surface area contributed by atoms with Crippen LogP contribution in [0.1, 0.15) is 73.1 Å². The van der Waals surface area contributed by atoms with E-state index in [0.717, 1.165) is 44.1 Å². The molecule has 0 aromatic rings. The van der Waals surface area contributed by atoms with E-state index in [2.05, 4.69) is 51.2 Å². The van der Waals surface area contributed by atoms with Crippen LogP contribution >= 0.6 is 0 Å². The fraction of sp³-hybridized carbons (Fsp3) is 0.500. The fourth-order valence-corrected chi connectivity index (χ4v) is 3.42. The molecule has 0 saturated carbocycles. The Kier molecular flexibility index (Phi) is 9.38. The molecule has 1 amide bonds. The zero-order chi connectivity index (χ0) is 23.0. The largest absolute Gasteiger partial charge is 0.352 e. The summed E-state index contributed by atoms with van der Waals surface area (Å²) < 4.78 is 5.01. The Morgan fingerprint density at radius 3 is 2.00 bits per heavy atom. The number of carbonyl (C=O) groups is 3. The third kappa shape index (κ3) is 8.62. The highest BCUT2D eigenvalue weighted by atomic mass is 16.6. The Labute approximate surface area is 186 Å². The number of allylic oxidation sites excluding steroid dienone is 7. The van der Waals surface area contributed by atoms with Gasteiger partial charge in [-0.25, -0.2) is 0 Å². The highest BCUT2D eigenvalue weighted by Crippen LogP contribution is 2.30. The highest BCUT2D eigenvalue weighted by molar-refractivity contribution is 6.17. The van der Waals surface area contributed by atoms with Gasteiger partial charge in [0.05, 0.1) is 5.70 Å². The summed E-state index contributed by atoms with van der Waals surface area (Å²) in [6.07, 6.45) is 14.1. The van der Waals surface area contributed by atoms with E-state index in [-0.39, 0.29) is 17.3 Å². The predicted octanol–water partition coefficient (Wildman–Crippen LogP) is 5.05. The molecule has 1 heterocycles. The van der Waals surface area contributed by atoms with Gasteiger partial charge >= 0.3 is 0 Å². The Morgan fingerprint density at radius 1 is 0.871 bits per heavy atom. The first kappa shape index (κ1) is 24.7. The van der Waals surface area contributed by atoms with Gasteiger partial charge in [-0.2, -0.15) is 0 Å². The molecule has 2 aliphatic rings. The lowest BCUT2D eigenvalue weighted by molar-refractivity contribution is -0.122. The summed E-state index contributed by atoms with van der Waals surface area (Å²) >= 11 is 0. The molecule has 168 valence electrons. The van der Waals surface area contributed by atoms with Crippen molar-refractivity contribution in [2.24, 2.45) is 0 Å². The van der Waals surface area contributed by atoms with E-state index in [9.17, 15) is 14.4 Å². The molecule has 1 saturated heterocycles. The number of fused-ring (bicyclic) bond motifs is 1. The van der Waals surface area contributed by atoms with Crippen LogP contribution in [0.4, 0.5) is 0 Å². The smallest absolute Gasteiger partial charge is 0.248 e. The second-order valence-electron chi connectivity index (χ2n) is 8.78. The van der Waals surface area contributed by atoms with Crippen molar-refractivity contribution >= 4 is 17.5 Å². The second kappa shape index (κ2) is 11.8. The van der Waals surface area contributed by atoms with Crippen LogP contribution in [-0.2, 0) is 19.1 Å². The number of hydrogen-bond donors (Lipinski definition) is 1. The van der Waals surface area contributed by atoms with Crippen LogP contribution in [0.3, 0.4) is 0 Å². The maximum atomic E-state index is 12.2. The van der Waals surface area contributed by atoms with Crippen LogP contribution in [-0.4, -0.2) is 29.7 Å². The minimum absolute atomic E-state index is 0.0257. The number of epoxide rings is 1. The van der Waals surface area contributed by atoms with Crippen molar-refractivity contribution < 1.29 is 19.1 Å². The molecule has 1 N–H and O–H groups in total. The Bertz CT molecular complexity index is 866. The number of ketones is 2. The quantitative estimate of drug-likeness (QED) is 0.285. The predicted molar refractivity (Wildman–Crippen MR) is 123 cm³/mol. The van der Waals surface area contributed by atoms with E-state index in [0.29, 0.717) is 0 Å². The number of rotatable bonds is 11. The van der Waals surface area contributed by atoms with Crippen molar-refractivity contribution in [2.45, 2.75) is 85.4 Å². The van der Waals surface area contributed by atoms with E-state index in [1.54, 1.807) is 0 Å². The maximum absolute atomic E-state index is 12.2. The monoisotopic (exact) mass is 425 g/mol. The number of Topliss-reactive ketones (excluding diaryl/α,β-unsaturated/α-hetero) is 1. The SMILES string of the molecule is CC(C)=CCCC(C)=CCCC(C)=CCCC(C)=CC(=O)NC1=CC(=O)C2OC2C1=O. The fourth-order valence-electron chi connectivity index (χ4n) is 3.42. The minimum atomic E-state index is -0.706. The van der Waals surface area contributed by atoms with Crippen LogP contribution in [0.5, 0.6) is 0 Å². The first-order chi connectivity index (χ1) is 14.7. The van der Waals surface area contributed by atoms with E-state index in [1.165, 1.54) is 28.9 Å². The molecule has 2 atom stereocenters. The average Bonchev–Trinajstić information content (AvgIpc) is 3.47. The second-order valence-corrected chi connectivity index (χ2v) is 8.78. The maximum Gasteiger partial charge on any atom is 0.248 e. The lowest BCUT2D eigenvalue weighted by Gasteiger charge is -2.08. The minimum Gasteiger partial charge on any atom is -0.352 e. The summed E-state index contributed by atoms with van der Waals surface area (Å²) in [7, 11) is 0. The van der Waals surface area contributed by atoms with Crippen molar-refractivity contribution in [3.63, 3.8) is 0 Å². The molecule has 0 bridgehead atoms. The molecule has 0 radical (unpaired) electrons. The topological polar surface area (TPSA) is 75.8 Å². The van der Waals surface area contributed by atoms with E-state index in [1.807, 2.05) is 6.92 Å². The van der Waals surface area contributed by atoms with E-state index >= 15 is 0 Å². The van der Waals surface area contributed by atoms with Crippen LogP contribution in [0.15, 0.2) is 58.4 Å². The van der Waals surface area contributed by atoms with Gasteiger partial charge in [-0.05, 0) is 73.1 Å². The molecular weight excluding hydrogens is 390 g/mol. The number of amides is 1. The Morgan fingerprint density at radius 2 is 1.42 bits per heavy atom. The summed E-state index contributed by atoms with van der Waals surface area (Å²) in [6.45, 7) is 10.5. The zero-order valence-corrected chi connectivity index (χ0v) is 19.4. The molecule has 5 nitrogen and oxygen atoms in total. The highest BCUT2D eigenvalue weighted by Gasteiger charge is 2.53. The van der Waals surface area contributed by atoms with Crippen LogP contribution in [0, 0.1) is 0 Å². The van der Waals surface area contributed by atoms with E-state index < -0.39 is 18.1 Å².